The lowest BCUT2D eigenvalue weighted by Gasteiger charge is -2.11. The molecule has 6 heteroatoms. The van der Waals surface area contributed by atoms with Gasteiger partial charge in [-0.1, -0.05) is 29.8 Å². The molecule has 0 heterocycles. The van der Waals surface area contributed by atoms with Gasteiger partial charge in [-0.15, -0.1) is 0 Å². The Bertz CT molecular complexity index is 728. The van der Waals surface area contributed by atoms with Crippen LogP contribution in [0.25, 0.3) is 11.1 Å². The molecule has 0 aliphatic heterocycles. The molecule has 2 aromatic carbocycles. The molecular formula is C18H18ClNO4. The number of rotatable bonds is 6. The van der Waals surface area contributed by atoms with Crippen molar-refractivity contribution < 1.29 is 19.1 Å². The van der Waals surface area contributed by atoms with Gasteiger partial charge in [0.15, 0.2) is 0 Å². The number of nitrogens with one attached hydrogen (secondary N) is 1. The molecule has 0 saturated carbocycles. The molecule has 2 rings (SSSR count). The van der Waals surface area contributed by atoms with Crippen LogP contribution in [0.2, 0.25) is 5.02 Å². The van der Waals surface area contributed by atoms with Crippen LogP contribution in [0.3, 0.4) is 0 Å². The van der Waals surface area contributed by atoms with Gasteiger partial charge in [0.2, 0.25) is 0 Å². The first-order valence-electron chi connectivity index (χ1n) is 7.43. The van der Waals surface area contributed by atoms with E-state index in [1.54, 1.807) is 31.2 Å². The summed E-state index contributed by atoms with van der Waals surface area (Å²) in [6, 6.07) is 12.6. The first-order chi connectivity index (χ1) is 11.5. The van der Waals surface area contributed by atoms with E-state index >= 15 is 0 Å². The molecule has 0 saturated heterocycles. The second-order valence-corrected chi connectivity index (χ2v) is 5.35. The Hall–Kier alpha value is -2.53. The molecule has 0 radical (unpaired) electrons. The van der Waals surface area contributed by atoms with Crippen LogP contribution >= 0.6 is 11.6 Å². The molecule has 0 aliphatic carbocycles. The van der Waals surface area contributed by atoms with Crippen molar-refractivity contribution in [1.82, 2.24) is 5.32 Å². The summed E-state index contributed by atoms with van der Waals surface area (Å²) in [4.78, 5) is 23.5. The predicted octanol–water partition coefficient (Wildman–Crippen LogP) is 3.31. The minimum atomic E-state index is -0.484. The van der Waals surface area contributed by atoms with Gasteiger partial charge >= 0.3 is 5.97 Å². The highest BCUT2D eigenvalue weighted by Gasteiger charge is 2.14. The standard InChI is InChI=1S/C18H18ClNO4/c1-3-24-17(21)11-20-18(22)15-9-6-13(10-16(15)23-2)12-4-7-14(19)8-5-12/h4-10H,3,11H2,1-2H3,(H,20,22). The van der Waals surface area contributed by atoms with Gasteiger partial charge in [0.25, 0.3) is 5.91 Å². The fourth-order valence-electron chi connectivity index (χ4n) is 2.16. The third-order valence-corrected chi connectivity index (χ3v) is 3.57. The smallest absolute Gasteiger partial charge is 0.325 e. The first-order valence-corrected chi connectivity index (χ1v) is 7.80. The fourth-order valence-corrected chi connectivity index (χ4v) is 2.29. The molecule has 126 valence electrons. The molecule has 24 heavy (non-hydrogen) atoms. The number of halogens is 1. The van der Waals surface area contributed by atoms with Crippen molar-refractivity contribution in [3.63, 3.8) is 0 Å². The van der Waals surface area contributed by atoms with E-state index in [-0.39, 0.29) is 13.2 Å². The van der Waals surface area contributed by atoms with Crippen molar-refractivity contribution in [1.29, 1.82) is 0 Å². The summed E-state index contributed by atoms with van der Waals surface area (Å²) < 4.78 is 10.1. The van der Waals surface area contributed by atoms with E-state index in [9.17, 15) is 9.59 Å². The molecule has 2 aromatic rings. The minimum absolute atomic E-state index is 0.186. The Morgan fingerprint density at radius 1 is 1.08 bits per heavy atom. The second-order valence-electron chi connectivity index (χ2n) is 4.91. The molecule has 1 amide bonds. The summed E-state index contributed by atoms with van der Waals surface area (Å²) in [5.41, 5.74) is 2.20. The predicted molar refractivity (Wildman–Crippen MR) is 92.4 cm³/mol. The number of hydrogen-bond donors (Lipinski definition) is 1. The van der Waals surface area contributed by atoms with Gasteiger partial charge in [0.1, 0.15) is 12.3 Å². The first kappa shape index (κ1) is 17.8. The van der Waals surface area contributed by atoms with E-state index in [0.717, 1.165) is 11.1 Å². The van der Waals surface area contributed by atoms with E-state index in [0.29, 0.717) is 16.3 Å². The second kappa shape index (κ2) is 8.36. The van der Waals surface area contributed by atoms with Crippen molar-refractivity contribution in [2.24, 2.45) is 0 Å². The average Bonchev–Trinajstić information content (AvgIpc) is 2.60. The zero-order valence-corrected chi connectivity index (χ0v) is 14.2. The number of amides is 1. The molecule has 5 nitrogen and oxygen atoms in total. The number of carbonyl (C=O) groups is 2. The molecule has 0 aliphatic rings. The van der Waals surface area contributed by atoms with Gasteiger partial charge in [-0.05, 0) is 42.3 Å². The maximum atomic E-state index is 12.2. The highest BCUT2D eigenvalue weighted by atomic mass is 35.5. The highest BCUT2D eigenvalue weighted by Crippen LogP contribution is 2.28. The number of benzene rings is 2. The summed E-state index contributed by atoms with van der Waals surface area (Å²) >= 11 is 5.89. The lowest BCUT2D eigenvalue weighted by atomic mass is 10.0. The van der Waals surface area contributed by atoms with E-state index < -0.39 is 11.9 Å². The normalized spacial score (nSPS) is 10.1. The summed E-state index contributed by atoms with van der Waals surface area (Å²) in [6.07, 6.45) is 0. The lowest BCUT2D eigenvalue weighted by molar-refractivity contribution is -0.141. The quantitative estimate of drug-likeness (QED) is 0.814. The van der Waals surface area contributed by atoms with Crippen molar-refractivity contribution in [3.05, 3.63) is 53.1 Å². The molecule has 1 N–H and O–H groups in total. The number of methoxy groups -OCH3 is 1. The van der Waals surface area contributed by atoms with Crippen molar-refractivity contribution in [2.75, 3.05) is 20.3 Å². The van der Waals surface area contributed by atoms with Gasteiger partial charge in [-0.25, -0.2) is 0 Å². The molecule has 0 unspecified atom stereocenters. The Kier molecular flexibility index (Phi) is 6.21. The topological polar surface area (TPSA) is 64.6 Å². The maximum absolute atomic E-state index is 12.2. The number of esters is 1. The third-order valence-electron chi connectivity index (χ3n) is 3.32. The average molecular weight is 348 g/mol. The van der Waals surface area contributed by atoms with Gasteiger partial charge in [0, 0.05) is 5.02 Å². The zero-order valence-electron chi connectivity index (χ0n) is 13.5. The molecule has 0 bridgehead atoms. The van der Waals surface area contributed by atoms with Crippen LogP contribution in [0.1, 0.15) is 17.3 Å². The van der Waals surface area contributed by atoms with Crippen LogP contribution in [0, 0.1) is 0 Å². The van der Waals surface area contributed by atoms with Crippen molar-refractivity contribution >= 4 is 23.5 Å². The minimum Gasteiger partial charge on any atom is -0.496 e. The van der Waals surface area contributed by atoms with Gasteiger partial charge in [0.05, 0.1) is 19.3 Å². The molecular weight excluding hydrogens is 330 g/mol. The Morgan fingerprint density at radius 3 is 2.38 bits per heavy atom. The van der Waals surface area contributed by atoms with Crippen LogP contribution < -0.4 is 10.1 Å². The number of carbonyl (C=O) groups excluding carboxylic acids is 2. The van der Waals surface area contributed by atoms with E-state index in [1.165, 1.54) is 7.11 Å². The zero-order chi connectivity index (χ0) is 17.5. The number of ether oxygens (including phenoxy) is 2. The van der Waals surface area contributed by atoms with Crippen LogP contribution in [0.4, 0.5) is 0 Å². The maximum Gasteiger partial charge on any atom is 0.325 e. The van der Waals surface area contributed by atoms with Gasteiger partial charge < -0.3 is 14.8 Å². The van der Waals surface area contributed by atoms with E-state index in [4.69, 9.17) is 21.1 Å². The Labute approximate surface area is 145 Å². The van der Waals surface area contributed by atoms with Crippen LogP contribution in [0.5, 0.6) is 5.75 Å². The van der Waals surface area contributed by atoms with E-state index in [2.05, 4.69) is 5.32 Å². The number of hydrogen-bond acceptors (Lipinski definition) is 4. The molecule has 0 spiro atoms. The Morgan fingerprint density at radius 2 is 1.75 bits per heavy atom. The lowest BCUT2D eigenvalue weighted by Crippen LogP contribution is -2.30. The van der Waals surface area contributed by atoms with Crippen molar-refractivity contribution in [2.45, 2.75) is 6.92 Å². The highest BCUT2D eigenvalue weighted by molar-refractivity contribution is 6.30. The SMILES string of the molecule is CCOC(=O)CNC(=O)c1ccc(-c2ccc(Cl)cc2)cc1OC. The van der Waals surface area contributed by atoms with Gasteiger partial charge in [-0.3, -0.25) is 9.59 Å². The summed E-state index contributed by atoms with van der Waals surface area (Å²) in [7, 11) is 1.49. The summed E-state index contributed by atoms with van der Waals surface area (Å²) in [6.45, 7) is 1.79. The fraction of sp³-hybridized carbons (Fsp3) is 0.222. The Balaban J connectivity index is 2.18. The van der Waals surface area contributed by atoms with Crippen LogP contribution in [-0.4, -0.2) is 32.1 Å². The van der Waals surface area contributed by atoms with Gasteiger partial charge in [-0.2, -0.15) is 0 Å². The van der Waals surface area contributed by atoms with Crippen LogP contribution in [0.15, 0.2) is 42.5 Å². The largest absolute Gasteiger partial charge is 0.496 e. The molecule has 0 aromatic heterocycles. The summed E-state index contributed by atoms with van der Waals surface area (Å²) in [5.74, 6) is -0.464. The van der Waals surface area contributed by atoms with E-state index in [1.807, 2.05) is 18.2 Å². The third kappa shape index (κ3) is 4.49. The monoisotopic (exact) mass is 347 g/mol. The van der Waals surface area contributed by atoms with Crippen LogP contribution in [-0.2, 0) is 9.53 Å². The summed E-state index contributed by atoms with van der Waals surface area (Å²) in [5, 5.41) is 3.17. The molecule has 0 fully saturated rings. The van der Waals surface area contributed by atoms with Crippen molar-refractivity contribution in [3.8, 4) is 16.9 Å². The molecule has 0 atom stereocenters.